The van der Waals surface area contributed by atoms with Crippen LogP contribution in [0.4, 0.5) is 5.13 Å². The lowest BCUT2D eigenvalue weighted by Crippen LogP contribution is -2.26. The number of carbonyl (C=O) groups is 1. The number of anilines is 1. The largest absolute Gasteiger partial charge is 0.330 e. The number of hydrogen-bond acceptors (Lipinski definition) is 6. The molecule has 1 heterocycles. The van der Waals surface area contributed by atoms with E-state index in [9.17, 15) is 4.79 Å². The first-order valence-electron chi connectivity index (χ1n) is 4.64. The first kappa shape index (κ1) is 12.4. The van der Waals surface area contributed by atoms with Crippen molar-refractivity contribution in [3.63, 3.8) is 0 Å². The van der Waals surface area contributed by atoms with Crippen molar-refractivity contribution < 1.29 is 4.79 Å². The third-order valence-electron chi connectivity index (χ3n) is 1.71. The van der Waals surface area contributed by atoms with Crippen LogP contribution in [0.2, 0.25) is 0 Å². The average molecular weight is 246 g/mol. The molecular formula is C8H14N4OS2. The van der Waals surface area contributed by atoms with Crippen LogP contribution in [0.3, 0.4) is 0 Å². The van der Waals surface area contributed by atoms with Crippen LogP contribution in [-0.2, 0) is 4.79 Å². The van der Waals surface area contributed by atoms with Gasteiger partial charge in [-0.1, -0.05) is 36.9 Å². The maximum Gasteiger partial charge on any atom is 0.230 e. The summed E-state index contributed by atoms with van der Waals surface area (Å²) in [5.41, 5.74) is 5.38. The molecule has 0 fully saturated rings. The summed E-state index contributed by atoms with van der Waals surface area (Å²) in [6.45, 7) is 4.15. The van der Waals surface area contributed by atoms with Gasteiger partial charge >= 0.3 is 0 Å². The predicted octanol–water partition coefficient (Wildman–Crippen LogP) is 1.18. The Bertz CT molecular complexity index is 328. The van der Waals surface area contributed by atoms with Crippen LogP contribution in [-0.4, -0.2) is 28.4 Å². The minimum atomic E-state index is -0.198. The Balaban J connectivity index is 2.53. The Hall–Kier alpha value is -0.660. The summed E-state index contributed by atoms with van der Waals surface area (Å²) >= 11 is 2.99. The summed E-state index contributed by atoms with van der Waals surface area (Å²) in [4.78, 5) is 11.5. The van der Waals surface area contributed by atoms with Crippen LogP contribution in [0.5, 0.6) is 0 Å². The van der Waals surface area contributed by atoms with Gasteiger partial charge in [-0.05, 0) is 5.75 Å². The van der Waals surface area contributed by atoms with Crippen molar-refractivity contribution in [1.82, 2.24) is 10.2 Å². The number of amides is 1. The van der Waals surface area contributed by atoms with Gasteiger partial charge in [-0.25, -0.2) is 0 Å². The summed E-state index contributed by atoms with van der Waals surface area (Å²) in [5.74, 6) is 0.639. The minimum Gasteiger partial charge on any atom is -0.330 e. The van der Waals surface area contributed by atoms with Gasteiger partial charge in [0.25, 0.3) is 0 Å². The van der Waals surface area contributed by atoms with Crippen LogP contribution in [0.1, 0.15) is 13.8 Å². The highest BCUT2D eigenvalue weighted by Gasteiger charge is 2.13. The predicted molar refractivity (Wildman–Crippen MR) is 63.2 cm³/mol. The molecule has 0 saturated carbocycles. The van der Waals surface area contributed by atoms with Gasteiger partial charge in [0.2, 0.25) is 11.0 Å². The first-order chi connectivity index (χ1) is 7.17. The molecule has 0 radical (unpaired) electrons. The second kappa shape index (κ2) is 6.04. The maximum atomic E-state index is 11.5. The van der Waals surface area contributed by atoms with Crippen LogP contribution in [0.25, 0.3) is 0 Å². The SMILES string of the molecule is CCSc1nnc(NC(=O)C(C)CN)s1. The number of nitrogens with two attached hydrogens (primary N) is 1. The zero-order valence-electron chi connectivity index (χ0n) is 8.69. The quantitative estimate of drug-likeness (QED) is 0.602. The Labute approximate surface area is 96.8 Å². The highest BCUT2D eigenvalue weighted by molar-refractivity contribution is 8.01. The van der Waals surface area contributed by atoms with Crippen molar-refractivity contribution in [1.29, 1.82) is 0 Å². The molecule has 7 heteroatoms. The van der Waals surface area contributed by atoms with Crippen LogP contribution >= 0.6 is 23.1 Å². The third kappa shape index (κ3) is 3.77. The Morgan fingerprint density at radius 3 is 3.00 bits per heavy atom. The molecular weight excluding hydrogens is 232 g/mol. The molecule has 1 rings (SSSR count). The minimum absolute atomic E-state index is 0.110. The van der Waals surface area contributed by atoms with Crippen molar-refractivity contribution >= 4 is 34.1 Å². The van der Waals surface area contributed by atoms with E-state index in [1.807, 2.05) is 6.92 Å². The van der Waals surface area contributed by atoms with E-state index in [1.54, 1.807) is 18.7 Å². The number of thioether (sulfide) groups is 1. The molecule has 1 atom stereocenters. The van der Waals surface area contributed by atoms with Crippen molar-refractivity contribution in [2.24, 2.45) is 11.7 Å². The molecule has 0 aliphatic heterocycles. The van der Waals surface area contributed by atoms with E-state index in [0.717, 1.165) is 10.1 Å². The van der Waals surface area contributed by atoms with Gasteiger partial charge in [-0.3, -0.25) is 4.79 Å². The molecule has 0 aliphatic rings. The Morgan fingerprint density at radius 1 is 1.67 bits per heavy atom. The fraction of sp³-hybridized carbons (Fsp3) is 0.625. The molecule has 1 aromatic rings. The lowest BCUT2D eigenvalue weighted by Gasteiger charge is -2.05. The maximum absolute atomic E-state index is 11.5. The van der Waals surface area contributed by atoms with Crippen LogP contribution in [0, 0.1) is 5.92 Å². The smallest absolute Gasteiger partial charge is 0.230 e. The first-order valence-corrected chi connectivity index (χ1v) is 6.44. The monoisotopic (exact) mass is 246 g/mol. The topological polar surface area (TPSA) is 80.9 Å². The van der Waals surface area contributed by atoms with Crippen molar-refractivity contribution in [3.8, 4) is 0 Å². The fourth-order valence-corrected chi connectivity index (χ4v) is 2.43. The molecule has 1 amide bonds. The lowest BCUT2D eigenvalue weighted by molar-refractivity contribution is -0.119. The zero-order valence-corrected chi connectivity index (χ0v) is 10.3. The van der Waals surface area contributed by atoms with E-state index in [4.69, 9.17) is 5.73 Å². The van der Waals surface area contributed by atoms with Gasteiger partial charge < -0.3 is 11.1 Å². The molecule has 1 aromatic heterocycles. The zero-order chi connectivity index (χ0) is 11.3. The van der Waals surface area contributed by atoms with Gasteiger partial charge in [0.05, 0.1) is 0 Å². The van der Waals surface area contributed by atoms with Gasteiger partial charge in [0.15, 0.2) is 4.34 Å². The van der Waals surface area contributed by atoms with Crippen molar-refractivity contribution in [3.05, 3.63) is 0 Å². The van der Waals surface area contributed by atoms with Gasteiger partial charge in [0, 0.05) is 12.5 Å². The van der Waals surface area contributed by atoms with Crippen molar-refractivity contribution in [2.45, 2.75) is 18.2 Å². The average Bonchev–Trinajstić information content (AvgIpc) is 2.65. The van der Waals surface area contributed by atoms with E-state index in [1.165, 1.54) is 11.3 Å². The normalized spacial score (nSPS) is 12.5. The lowest BCUT2D eigenvalue weighted by atomic mass is 10.2. The molecule has 0 aliphatic carbocycles. The Morgan fingerprint density at radius 2 is 2.40 bits per heavy atom. The molecule has 15 heavy (non-hydrogen) atoms. The Kier molecular flexibility index (Phi) is 5.00. The number of nitrogens with one attached hydrogen (secondary N) is 1. The molecule has 0 aromatic carbocycles. The molecule has 1 unspecified atom stereocenters. The molecule has 0 bridgehead atoms. The number of hydrogen-bond donors (Lipinski definition) is 2. The van der Waals surface area contributed by atoms with E-state index >= 15 is 0 Å². The van der Waals surface area contributed by atoms with Gasteiger partial charge in [0.1, 0.15) is 0 Å². The summed E-state index contributed by atoms with van der Waals surface area (Å²) in [6.07, 6.45) is 0. The number of nitrogens with zero attached hydrogens (tertiary/aromatic N) is 2. The molecule has 3 N–H and O–H groups in total. The molecule has 0 spiro atoms. The highest BCUT2D eigenvalue weighted by Crippen LogP contribution is 2.25. The number of carbonyl (C=O) groups excluding carboxylic acids is 1. The third-order valence-corrected chi connectivity index (χ3v) is 3.56. The second-order valence-corrected chi connectivity index (χ2v) is 5.42. The second-order valence-electron chi connectivity index (χ2n) is 2.93. The summed E-state index contributed by atoms with van der Waals surface area (Å²) < 4.78 is 0.869. The van der Waals surface area contributed by atoms with Crippen LogP contribution < -0.4 is 11.1 Å². The van der Waals surface area contributed by atoms with E-state index in [0.29, 0.717) is 11.7 Å². The fourth-order valence-electron chi connectivity index (χ4n) is 0.778. The number of aromatic nitrogens is 2. The molecule has 0 saturated heterocycles. The van der Waals surface area contributed by atoms with Gasteiger partial charge in [-0.2, -0.15) is 0 Å². The highest BCUT2D eigenvalue weighted by atomic mass is 32.2. The van der Waals surface area contributed by atoms with Crippen molar-refractivity contribution in [2.75, 3.05) is 17.6 Å². The van der Waals surface area contributed by atoms with E-state index < -0.39 is 0 Å². The number of rotatable bonds is 5. The summed E-state index contributed by atoms with van der Waals surface area (Å²) in [7, 11) is 0. The summed E-state index contributed by atoms with van der Waals surface area (Å²) in [6, 6.07) is 0. The standard InChI is InChI=1S/C8H14N4OS2/c1-3-14-8-12-11-7(15-8)10-6(13)5(2)4-9/h5H,3-4,9H2,1-2H3,(H,10,11,13). The molecule has 5 nitrogen and oxygen atoms in total. The van der Waals surface area contributed by atoms with E-state index in [-0.39, 0.29) is 11.8 Å². The summed E-state index contributed by atoms with van der Waals surface area (Å²) in [5, 5.41) is 11.0. The van der Waals surface area contributed by atoms with Crippen LogP contribution in [0.15, 0.2) is 4.34 Å². The van der Waals surface area contributed by atoms with E-state index in [2.05, 4.69) is 15.5 Å². The molecule has 84 valence electrons. The van der Waals surface area contributed by atoms with Gasteiger partial charge in [-0.15, -0.1) is 10.2 Å².